The van der Waals surface area contributed by atoms with E-state index in [-0.39, 0.29) is 11.1 Å². The van der Waals surface area contributed by atoms with E-state index in [1.807, 2.05) is 30.3 Å². The van der Waals surface area contributed by atoms with Crippen LogP contribution in [0.1, 0.15) is 18.4 Å². The zero-order valence-corrected chi connectivity index (χ0v) is 16.8. The van der Waals surface area contributed by atoms with Gasteiger partial charge in [-0.05, 0) is 36.1 Å². The number of benzene rings is 3. The molecule has 0 atom stereocenters. The molecule has 0 saturated heterocycles. The molecular formula is C23H15N3O3S. The second-order valence-electron chi connectivity index (χ2n) is 7.29. The molecule has 0 bridgehead atoms. The number of fused-ring (bicyclic) bond motifs is 2. The molecular weight excluding hydrogens is 398 g/mol. The highest BCUT2D eigenvalue weighted by atomic mass is 32.1. The topological polar surface area (TPSA) is 78.0 Å². The maximum Gasteiger partial charge on any atom is 0.267 e. The molecule has 146 valence electrons. The molecule has 0 radical (unpaired) electrons. The van der Waals surface area contributed by atoms with Crippen molar-refractivity contribution in [2.24, 2.45) is 0 Å². The Morgan fingerprint density at radius 1 is 0.833 bits per heavy atom. The van der Waals surface area contributed by atoms with Crippen molar-refractivity contribution in [1.82, 2.24) is 14.8 Å². The lowest BCUT2D eigenvalue weighted by atomic mass is 9.96. The van der Waals surface area contributed by atoms with Crippen molar-refractivity contribution >= 4 is 54.8 Å². The molecule has 0 aliphatic carbocycles. The summed E-state index contributed by atoms with van der Waals surface area (Å²) in [4.78, 5) is 26.7. The molecule has 30 heavy (non-hydrogen) atoms. The molecule has 0 N–H and O–H groups in total. The number of hydrogen-bond donors (Lipinski definition) is 0. The summed E-state index contributed by atoms with van der Waals surface area (Å²) in [5.74, 6) is 0. The number of pyridine rings is 1. The van der Waals surface area contributed by atoms with Gasteiger partial charge in [0.05, 0.1) is 0 Å². The number of aromatic nitrogens is 3. The van der Waals surface area contributed by atoms with Crippen LogP contribution in [-0.2, 0) is 6.42 Å². The van der Waals surface area contributed by atoms with Gasteiger partial charge in [-0.15, -0.1) is 10.2 Å². The van der Waals surface area contributed by atoms with E-state index in [0.717, 1.165) is 44.2 Å². The van der Waals surface area contributed by atoms with Crippen LogP contribution in [0.3, 0.4) is 0 Å². The molecule has 3 aromatic carbocycles. The summed E-state index contributed by atoms with van der Waals surface area (Å²) in [6.45, 7) is 2.05. The van der Waals surface area contributed by atoms with E-state index in [1.54, 1.807) is 18.2 Å². The van der Waals surface area contributed by atoms with Gasteiger partial charge in [-0.25, -0.2) is 4.57 Å². The Morgan fingerprint density at radius 3 is 2.37 bits per heavy atom. The number of para-hydroxylation sites is 1. The zero-order valence-electron chi connectivity index (χ0n) is 16.0. The second-order valence-corrected chi connectivity index (χ2v) is 8.33. The van der Waals surface area contributed by atoms with Crippen molar-refractivity contribution in [3.8, 4) is 5.13 Å². The van der Waals surface area contributed by atoms with Crippen molar-refractivity contribution in [2.75, 3.05) is 0 Å². The molecule has 0 aliphatic heterocycles. The zero-order chi connectivity index (χ0) is 20.4. The lowest BCUT2D eigenvalue weighted by Crippen LogP contribution is -2.31. The smallest absolute Gasteiger partial charge is 0.267 e. The molecule has 6 aromatic rings. The van der Waals surface area contributed by atoms with Crippen LogP contribution in [0.4, 0.5) is 0 Å². The van der Waals surface area contributed by atoms with Gasteiger partial charge in [0, 0.05) is 33.4 Å². The summed E-state index contributed by atoms with van der Waals surface area (Å²) in [5.41, 5.74) is 0.656. The van der Waals surface area contributed by atoms with E-state index >= 15 is 0 Å². The van der Waals surface area contributed by atoms with Crippen molar-refractivity contribution < 1.29 is 4.42 Å². The average molecular weight is 413 g/mol. The van der Waals surface area contributed by atoms with Crippen LogP contribution in [-0.4, -0.2) is 14.8 Å². The lowest BCUT2D eigenvalue weighted by molar-refractivity contribution is 0.662. The third-order valence-corrected chi connectivity index (χ3v) is 6.47. The van der Waals surface area contributed by atoms with Gasteiger partial charge in [0.25, 0.3) is 11.1 Å². The number of aryl methyl sites for hydroxylation is 1. The first-order valence-corrected chi connectivity index (χ1v) is 10.6. The third kappa shape index (κ3) is 2.23. The average Bonchev–Trinajstić information content (AvgIpc) is 3.22. The minimum absolute atomic E-state index is 0.314. The summed E-state index contributed by atoms with van der Waals surface area (Å²) in [7, 11) is 0. The molecule has 3 aromatic heterocycles. The number of rotatable bonds is 3. The molecule has 3 heterocycles. The first-order valence-electron chi connectivity index (χ1n) is 9.75. The van der Waals surface area contributed by atoms with Crippen LogP contribution in [0, 0.1) is 0 Å². The van der Waals surface area contributed by atoms with Crippen molar-refractivity contribution in [3.63, 3.8) is 0 Å². The fourth-order valence-electron chi connectivity index (χ4n) is 4.18. The standard InChI is InChI=1S/C23H15N3O3S/c1-2-5-18-24-25-23(30-18)26-21(27)14-9-8-13-12-6-3-4-7-16(12)29-17-11-10-15(22(26)28)19(14)20(13)17/h3-4,6-11H,2,5H2,1H3. The second kappa shape index (κ2) is 6.21. The highest BCUT2D eigenvalue weighted by Gasteiger charge is 2.21. The monoisotopic (exact) mass is 413 g/mol. The molecule has 6 nitrogen and oxygen atoms in total. The normalized spacial score (nSPS) is 12.0. The van der Waals surface area contributed by atoms with Crippen LogP contribution in [0.15, 0.2) is 62.5 Å². The Hall–Kier alpha value is -3.58. The predicted molar refractivity (Wildman–Crippen MR) is 119 cm³/mol. The van der Waals surface area contributed by atoms with Crippen molar-refractivity contribution in [1.29, 1.82) is 0 Å². The highest BCUT2D eigenvalue weighted by molar-refractivity contribution is 7.13. The highest BCUT2D eigenvalue weighted by Crippen LogP contribution is 2.36. The van der Waals surface area contributed by atoms with Gasteiger partial charge in [-0.2, -0.15) is 0 Å². The molecule has 0 unspecified atom stereocenters. The summed E-state index contributed by atoms with van der Waals surface area (Å²) < 4.78 is 7.23. The Balaban J connectivity index is 1.78. The maximum atomic E-state index is 13.4. The van der Waals surface area contributed by atoms with E-state index in [2.05, 4.69) is 17.1 Å². The fraction of sp³-hybridized carbons (Fsp3) is 0.130. The van der Waals surface area contributed by atoms with Crippen LogP contribution >= 0.6 is 11.3 Å². The number of hydrogen-bond acceptors (Lipinski definition) is 6. The van der Waals surface area contributed by atoms with Crippen LogP contribution in [0.2, 0.25) is 0 Å². The Bertz CT molecular complexity index is 1680. The molecule has 7 heteroatoms. The quantitative estimate of drug-likeness (QED) is 0.312. The van der Waals surface area contributed by atoms with E-state index < -0.39 is 0 Å². The first-order chi connectivity index (χ1) is 14.7. The van der Waals surface area contributed by atoms with E-state index in [1.165, 1.54) is 11.3 Å². The van der Waals surface area contributed by atoms with Gasteiger partial charge in [0.15, 0.2) is 0 Å². The SMILES string of the molecule is CCCc1nnc(-n2c(=O)c3ccc4oc5ccccc5c5ccc(c2=O)c3c45)s1. The van der Waals surface area contributed by atoms with Gasteiger partial charge in [-0.3, -0.25) is 9.59 Å². The first kappa shape index (κ1) is 17.3. The van der Waals surface area contributed by atoms with Crippen molar-refractivity contribution in [3.05, 3.63) is 74.2 Å². The largest absolute Gasteiger partial charge is 0.456 e. The van der Waals surface area contributed by atoms with Crippen LogP contribution in [0.25, 0.3) is 48.6 Å². The third-order valence-electron chi connectivity index (χ3n) is 5.50. The summed E-state index contributed by atoms with van der Waals surface area (Å²) in [5, 5.41) is 13.7. The minimum atomic E-state index is -0.380. The molecule has 0 fully saturated rings. The molecule has 0 saturated carbocycles. The molecule has 0 amide bonds. The van der Waals surface area contributed by atoms with Gasteiger partial charge < -0.3 is 4.42 Å². The maximum absolute atomic E-state index is 13.4. The fourth-order valence-corrected chi connectivity index (χ4v) is 5.12. The van der Waals surface area contributed by atoms with Gasteiger partial charge in [-0.1, -0.05) is 42.5 Å². The minimum Gasteiger partial charge on any atom is -0.456 e. The Morgan fingerprint density at radius 2 is 1.57 bits per heavy atom. The summed E-state index contributed by atoms with van der Waals surface area (Å²) in [6, 6.07) is 15.0. The van der Waals surface area contributed by atoms with E-state index in [9.17, 15) is 9.59 Å². The summed E-state index contributed by atoms with van der Waals surface area (Å²) >= 11 is 1.29. The van der Waals surface area contributed by atoms with E-state index in [0.29, 0.717) is 26.9 Å². The number of nitrogens with zero attached hydrogens (tertiary/aromatic N) is 3. The van der Waals surface area contributed by atoms with Crippen LogP contribution < -0.4 is 11.1 Å². The predicted octanol–water partition coefficient (Wildman–Crippen LogP) is 4.65. The summed E-state index contributed by atoms with van der Waals surface area (Å²) in [6.07, 6.45) is 1.69. The Labute approximate surface area is 173 Å². The molecule has 0 spiro atoms. The molecule has 6 rings (SSSR count). The van der Waals surface area contributed by atoms with E-state index in [4.69, 9.17) is 4.42 Å². The van der Waals surface area contributed by atoms with Gasteiger partial charge in [0.2, 0.25) is 5.13 Å². The van der Waals surface area contributed by atoms with Crippen molar-refractivity contribution in [2.45, 2.75) is 19.8 Å². The Kier molecular flexibility index (Phi) is 3.58. The van der Waals surface area contributed by atoms with Crippen LogP contribution in [0.5, 0.6) is 0 Å². The van der Waals surface area contributed by atoms with Gasteiger partial charge in [0.1, 0.15) is 16.2 Å². The van der Waals surface area contributed by atoms with Gasteiger partial charge >= 0.3 is 0 Å². The lowest BCUT2D eigenvalue weighted by Gasteiger charge is -2.12. The molecule has 0 aliphatic rings.